The van der Waals surface area contributed by atoms with E-state index in [-0.39, 0.29) is 36.2 Å². The molecule has 0 fully saturated rings. The number of fused-ring (bicyclic) bond motifs is 2. The summed E-state index contributed by atoms with van der Waals surface area (Å²) in [4.78, 5) is 0. The maximum atomic E-state index is 2.38. The predicted octanol–water partition coefficient (Wildman–Crippen LogP) is 7.04. The molecule has 8 aromatic rings. The van der Waals surface area contributed by atoms with Crippen molar-refractivity contribution in [3.8, 4) is 22.3 Å². The van der Waals surface area contributed by atoms with E-state index in [1.807, 2.05) is 0 Å². The summed E-state index contributed by atoms with van der Waals surface area (Å²) < 4.78 is 0. The average Bonchev–Trinajstić information content (AvgIpc) is 3.74. The second-order valence-electron chi connectivity index (χ2n) is 12.9. The first-order valence-corrected chi connectivity index (χ1v) is 23.2. The molecule has 0 aromatic heterocycles. The van der Waals surface area contributed by atoms with Crippen LogP contribution in [-0.4, -0.2) is 5.43 Å². The van der Waals surface area contributed by atoms with Crippen LogP contribution in [0.1, 0.15) is 33.7 Å². The van der Waals surface area contributed by atoms with Crippen LogP contribution in [0.3, 0.4) is 0 Å². The molecule has 0 aliphatic rings. The minimum Gasteiger partial charge on any atom is -1.00 e. The first kappa shape index (κ1) is 40.0. The SMILES string of the molecule is C[Si](C)=[Zr+2].Cc1cc2c(-c3ccccc3)ccc(C)c2[cH-]1.[Cl-].[Cl-].c1ccc(-c2cccc3[cH-]c(C(c4ccccc4)c4ccccc4)cc23)cc1. The number of hydrogen-bond donors (Lipinski definition) is 0. The Morgan fingerprint density at radius 3 is 1.49 bits per heavy atom. The molecule has 0 amide bonds. The Hall–Kier alpha value is -3.78. The van der Waals surface area contributed by atoms with Gasteiger partial charge in [-0.25, -0.2) is 0 Å². The van der Waals surface area contributed by atoms with Gasteiger partial charge in [0, 0.05) is 5.92 Å². The molecule has 0 aliphatic heterocycles. The standard InChI is InChI=1S/C28H21.C17H15.C2H6Si.2ClH.Zr/c1-4-11-21(12-5-1)26-18-10-17-24-19-25(20-27(24)26)28(22-13-6-2-7-14-22)23-15-8-3-9-16-23;1-12-10-16-13(2)8-9-15(17(16)11-12)14-6-4-3-5-7-14;1-3-2;;;/h1-20,28H;3-11H,1-2H3;1-2H3;2*1H;/q2*-1;;;;+2/p-2. The molecular formula is C47H42Cl2SiZr-2. The zero-order chi connectivity index (χ0) is 34.2. The summed E-state index contributed by atoms with van der Waals surface area (Å²) in [5.41, 5.74) is 12.1. The topological polar surface area (TPSA) is 0 Å². The van der Waals surface area contributed by atoms with E-state index in [0.717, 1.165) is 0 Å². The molecule has 0 aliphatic carbocycles. The molecule has 0 saturated carbocycles. The van der Waals surface area contributed by atoms with Gasteiger partial charge in [-0.1, -0.05) is 158 Å². The molecule has 0 atom stereocenters. The van der Waals surface area contributed by atoms with Crippen LogP contribution in [0, 0.1) is 13.8 Å². The van der Waals surface area contributed by atoms with Gasteiger partial charge in [-0.05, 0) is 22.3 Å². The van der Waals surface area contributed by atoms with E-state index in [4.69, 9.17) is 0 Å². The molecule has 0 heterocycles. The Labute approximate surface area is 331 Å². The number of hydrogen-bond acceptors (Lipinski definition) is 0. The van der Waals surface area contributed by atoms with Crippen molar-refractivity contribution in [2.24, 2.45) is 0 Å². The van der Waals surface area contributed by atoms with Crippen molar-refractivity contribution >= 4 is 27.0 Å². The summed E-state index contributed by atoms with van der Waals surface area (Å²) in [6, 6.07) is 63.2. The molecule has 0 saturated heterocycles. The Balaban J connectivity index is 0.000000218. The van der Waals surface area contributed by atoms with Gasteiger partial charge in [0.1, 0.15) is 0 Å². The normalized spacial score (nSPS) is 10.3. The van der Waals surface area contributed by atoms with Crippen molar-refractivity contribution in [1.82, 2.24) is 0 Å². The Bertz CT molecular complexity index is 2230. The molecule has 8 aromatic carbocycles. The molecule has 0 spiro atoms. The largest absolute Gasteiger partial charge is 1.00 e. The second kappa shape index (κ2) is 19.2. The second-order valence-corrected chi connectivity index (χ2v) is 22.2. The van der Waals surface area contributed by atoms with Crippen LogP contribution in [-0.2, 0) is 23.3 Å². The van der Waals surface area contributed by atoms with Crippen LogP contribution >= 0.6 is 0 Å². The molecule has 0 bridgehead atoms. The van der Waals surface area contributed by atoms with Gasteiger partial charge in [0.15, 0.2) is 0 Å². The Morgan fingerprint density at radius 2 is 0.980 bits per heavy atom. The smallest absolute Gasteiger partial charge is 0.0164 e. The van der Waals surface area contributed by atoms with E-state index in [2.05, 4.69) is 203 Å². The third kappa shape index (κ3) is 9.97. The summed E-state index contributed by atoms with van der Waals surface area (Å²) in [7, 11) is 0. The van der Waals surface area contributed by atoms with E-state index in [1.54, 1.807) is 23.3 Å². The van der Waals surface area contributed by atoms with E-state index in [0.29, 0.717) is 0 Å². The van der Waals surface area contributed by atoms with Crippen LogP contribution in [0.5, 0.6) is 0 Å². The summed E-state index contributed by atoms with van der Waals surface area (Å²) in [6.07, 6.45) is 0. The minimum absolute atomic E-state index is 0. The summed E-state index contributed by atoms with van der Waals surface area (Å²) >= 11 is 1.74. The van der Waals surface area contributed by atoms with E-state index in [1.165, 1.54) is 71.6 Å². The predicted molar refractivity (Wildman–Crippen MR) is 211 cm³/mol. The van der Waals surface area contributed by atoms with E-state index in [9.17, 15) is 0 Å². The van der Waals surface area contributed by atoms with Crippen molar-refractivity contribution in [2.45, 2.75) is 32.9 Å². The van der Waals surface area contributed by atoms with Crippen LogP contribution in [0.2, 0.25) is 13.1 Å². The van der Waals surface area contributed by atoms with Crippen LogP contribution < -0.4 is 24.8 Å². The summed E-state index contributed by atoms with van der Waals surface area (Å²) in [6.45, 7) is 8.96. The van der Waals surface area contributed by atoms with Gasteiger partial charge in [0.05, 0.1) is 0 Å². The van der Waals surface area contributed by atoms with Gasteiger partial charge in [-0.2, -0.15) is 12.1 Å². The summed E-state index contributed by atoms with van der Waals surface area (Å²) in [5.74, 6) is 0.235. The van der Waals surface area contributed by atoms with Gasteiger partial charge < -0.3 is 24.8 Å². The third-order valence-electron chi connectivity index (χ3n) is 8.79. The fraction of sp³-hybridized carbons (Fsp3) is 0.106. The Morgan fingerprint density at radius 1 is 0.510 bits per heavy atom. The van der Waals surface area contributed by atoms with Crippen molar-refractivity contribution in [3.63, 3.8) is 0 Å². The van der Waals surface area contributed by atoms with Crippen molar-refractivity contribution in [1.29, 1.82) is 0 Å². The number of benzene rings is 6. The molecule has 0 unspecified atom stereocenters. The summed E-state index contributed by atoms with van der Waals surface area (Å²) in [5, 5.41) is 5.37. The van der Waals surface area contributed by atoms with Crippen LogP contribution in [0.15, 0.2) is 176 Å². The van der Waals surface area contributed by atoms with Gasteiger partial charge >= 0.3 is 41.9 Å². The zero-order valence-corrected chi connectivity index (χ0v) is 34.5. The van der Waals surface area contributed by atoms with Gasteiger partial charge in [-0.3, -0.25) is 0 Å². The van der Waals surface area contributed by atoms with Gasteiger partial charge in [-0.15, -0.1) is 68.6 Å². The Kier molecular flexibility index (Phi) is 15.0. The molecule has 51 heavy (non-hydrogen) atoms. The maximum Gasteiger partial charge on any atom is 0.0164 e. The zero-order valence-electron chi connectivity index (χ0n) is 29.6. The molecule has 0 radical (unpaired) electrons. The molecule has 254 valence electrons. The quantitative estimate of drug-likeness (QED) is 0.130. The fourth-order valence-electron chi connectivity index (χ4n) is 6.62. The monoisotopic (exact) mass is 794 g/mol. The number of rotatable bonds is 5. The first-order chi connectivity index (χ1) is 23.9. The maximum absolute atomic E-state index is 2.38. The van der Waals surface area contributed by atoms with E-state index < -0.39 is 0 Å². The van der Waals surface area contributed by atoms with Crippen molar-refractivity contribution in [3.05, 3.63) is 204 Å². The molecule has 0 N–H and O–H groups in total. The first-order valence-electron chi connectivity index (χ1n) is 17.0. The molecule has 8 rings (SSSR count). The van der Waals surface area contributed by atoms with Crippen molar-refractivity contribution < 1.29 is 48.1 Å². The van der Waals surface area contributed by atoms with Crippen molar-refractivity contribution in [2.75, 3.05) is 0 Å². The molecule has 0 nitrogen and oxygen atoms in total. The minimum atomic E-state index is 0. The van der Waals surface area contributed by atoms with Crippen LogP contribution in [0.25, 0.3) is 43.8 Å². The van der Waals surface area contributed by atoms with E-state index >= 15 is 0 Å². The van der Waals surface area contributed by atoms with Gasteiger partial charge in [0.25, 0.3) is 0 Å². The van der Waals surface area contributed by atoms with Crippen LogP contribution in [0.4, 0.5) is 0 Å². The number of aryl methyl sites for hydroxylation is 2. The van der Waals surface area contributed by atoms with Gasteiger partial charge in [0.2, 0.25) is 0 Å². The molecule has 4 heteroatoms. The average molecular weight is 797 g/mol. The third-order valence-corrected chi connectivity index (χ3v) is 8.79. The fourth-order valence-corrected chi connectivity index (χ4v) is 6.62. The molecular weight excluding hydrogens is 755 g/mol. The number of halogens is 2.